The lowest BCUT2D eigenvalue weighted by Crippen LogP contribution is -2.59. The number of ether oxygens (including phenoxy) is 1. The van der Waals surface area contributed by atoms with Crippen LogP contribution in [0.1, 0.15) is 31.1 Å². The highest BCUT2D eigenvalue weighted by molar-refractivity contribution is 6.33. The van der Waals surface area contributed by atoms with E-state index >= 15 is 0 Å². The first-order chi connectivity index (χ1) is 9.49. The van der Waals surface area contributed by atoms with Crippen LogP contribution in [-0.2, 0) is 4.74 Å². The highest BCUT2D eigenvalue weighted by Crippen LogP contribution is 2.27. The lowest BCUT2D eigenvalue weighted by molar-refractivity contribution is -0.0593. The van der Waals surface area contributed by atoms with Gasteiger partial charge in [-0.05, 0) is 39.0 Å². The van der Waals surface area contributed by atoms with Gasteiger partial charge in [-0.15, -0.1) is 0 Å². The predicted molar refractivity (Wildman–Crippen MR) is 81.7 cm³/mol. The van der Waals surface area contributed by atoms with Gasteiger partial charge in [0.05, 0.1) is 29.5 Å². The Bertz CT molecular complexity index is 497. The Kier molecular flexibility index (Phi) is 4.55. The van der Waals surface area contributed by atoms with Gasteiger partial charge in [-0.1, -0.05) is 11.6 Å². The molecule has 1 aliphatic heterocycles. The number of amides is 1. The van der Waals surface area contributed by atoms with Crippen molar-refractivity contribution < 1.29 is 9.53 Å². The van der Waals surface area contributed by atoms with Crippen molar-refractivity contribution in [3.8, 4) is 0 Å². The molecule has 0 bridgehead atoms. The van der Waals surface area contributed by atoms with Crippen molar-refractivity contribution in [2.24, 2.45) is 0 Å². The number of anilines is 1. The fourth-order valence-corrected chi connectivity index (χ4v) is 2.60. The van der Waals surface area contributed by atoms with Crippen molar-refractivity contribution in [1.29, 1.82) is 0 Å². The lowest BCUT2D eigenvalue weighted by Gasteiger charge is -2.38. The zero-order chi connectivity index (χ0) is 14.8. The molecule has 20 heavy (non-hydrogen) atoms. The summed E-state index contributed by atoms with van der Waals surface area (Å²) in [6.07, 6.45) is 0. The van der Waals surface area contributed by atoms with Crippen LogP contribution >= 0.6 is 11.6 Å². The number of nitrogens with zero attached hydrogens (tertiary/aromatic N) is 1. The molecule has 0 aliphatic carbocycles. The molecule has 0 aromatic heterocycles. The van der Waals surface area contributed by atoms with E-state index in [1.807, 2.05) is 19.1 Å². The summed E-state index contributed by atoms with van der Waals surface area (Å²) in [5.74, 6) is -0.108. The van der Waals surface area contributed by atoms with E-state index in [1.165, 1.54) is 0 Å². The third-order valence-corrected chi connectivity index (χ3v) is 3.87. The van der Waals surface area contributed by atoms with Crippen molar-refractivity contribution in [2.75, 3.05) is 31.2 Å². The van der Waals surface area contributed by atoms with Crippen LogP contribution < -0.4 is 10.2 Å². The van der Waals surface area contributed by atoms with E-state index in [1.54, 1.807) is 6.07 Å². The number of carbonyl (C=O) groups excluding carboxylic acids is 1. The lowest BCUT2D eigenvalue weighted by atomic mass is 10.00. The van der Waals surface area contributed by atoms with Gasteiger partial charge < -0.3 is 15.0 Å². The molecule has 1 fully saturated rings. The van der Waals surface area contributed by atoms with Crippen molar-refractivity contribution in [1.82, 2.24) is 5.32 Å². The van der Waals surface area contributed by atoms with Crippen LogP contribution in [0.5, 0.6) is 0 Å². The van der Waals surface area contributed by atoms with Gasteiger partial charge in [0.2, 0.25) is 0 Å². The predicted octanol–water partition coefficient (Wildman–Crippen LogP) is 2.70. The normalized spacial score (nSPS) is 16.4. The number of carbonyl (C=O) groups is 1. The fourth-order valence-electron chi connectivity index (χ4n) is 2.30. The quantitative estimate of drug-likeness (QED) is 0.908. The number of benzene rings is 1. The van der Waals surface area contributed by atoms with Gasteiger partial charge in [0, 0.05) is 18.7 Å². The van der Waals surface area contributed by atoms with E-state index in [-0.39, 0.29) is 11.4 Å². The number of hydrogen-bond donors (Lipinski definition) is 1. The van der Waals surface area contributed by atoms with Gasteiger partial charge in [-0.2, -0.15) is 0 Å². The summed E-state index contributed by atoms with van der Waals surface area (Å²) in [4.78, 5) is 14.3. The highest BCUT2D eigenvalue weighted by atomic mass is 35.5. The van der Waals surface area contributed by atoms with Crippen LogP contribution in [0.25, 0.3) is 0 Å². The van der Waals surface area contributed by atoms with E-state index < -0.39 is 0 Å². The zero-order valence-electron chi connectivity index (χ0n) is 12.2. The maximum atomic E-state index is 12.2. The second-order valence-corrected chi connectivity index (χ2v) is 5.75. The first-order valence-electron chi connectivity index (χ1n) is 6.94. The van der Waals surface area contributed by atoms with Crippen LogP contribution in [0, 0.1) is 0 Å². The zero-order valence-corrected chi connectivity index (χ0v) is 13.0. The largest absolute Gasteiger partial charge is 0.376 e. The number of rotatable bonds is 5. The smallest absolute Gasteiger partial charge is 0.251 e. The Labute approximate surface area is 125 Å². The van der Waals surface area contributed by atoms with E-state index in [9.17, 15) is 4.79 Å². The van der Waals surface area contributed by atoms with Crippen molar-refractivity contribution in [3.05, 3.63) is 28.8 Å². The molecular weight excluding hydrogens is 276 g/mol. The van der Waals surface area contributed by atoms with Crippen molar-refractivity contribution >= 4 is 23.2 Å². The first-order valence-corrected chi connectivity index (χ1v) is 7.31. The molecule has 110 valence electrons. The molecule has 0 unspecified atom stereocenters. The van der Waals surface area contributed by atoms with Gasteiger partial charge in [-0.3, -0.25) is 4.79 Å². The minimum Gasteiger partial charge on any atom is -0.376 e. The summed E-state index contributed by atoms with van der Waals surface area (Å²) < 4.78 is 5.13. The van der Waals surface area contributed by atoms with Crippen molar-refractivity contribution in [3.63, 3.8) is 0 Å². The Morgan fingerprint density at radius 2 is 2.05 bits per heavy atom. The molecule has 1 heterocycles. The molecule has 5 heteroatoms. The third kappa shape index (κ3) is 3.07. The van der Waals surface area contributed by atoms with Crippen LogP contribution in [0.4, 0.5) is 5.69 Å². The van der Waals surface area contributed by atoms with E-state index in [0.29, 0.717) is 23.8 Å². The van der Waals surface area contributed by atoms with E-state index in [2.05, 4.69) is 24.1 Å². The molecule has 1 aromatic rings. The van der Waals surface area contributed by atoms with Gasteiger partial charge in [-0.25, -0.2) is 0 Å². The third-order valence-electron chi connectivity index (χ3n) is 3.57. The molecule has 0 spiro atoms. The van der Waals surface area contributed by atoms with Gasteiger partial charge in [0.15, 0.2) is 0 Å². The SMILES string of the molecule is CCN(CC)c1ccc(C(=O)NC2(C)COC2)cc1Cl. The topological polar surface area (TPSA) is 41.6 Å². The Morgan fingerprint density at radius 1 is 1.40 bits per heavy atom. The standard InChI is InChI=1S/C15H21ClN2O2/c1-4-18(5-2)13-7-6-11(8-12(13)16)14(19)17-15(3)9-20-10-15/h6-8H,4-5,9-10H2,1-3H3,(H,17,19). The minimum absolute atomic E-state index is 0.108. The Hall–Kier alpha value is -1.26. The van der Waals surface area contributed by atoms with Crippen LogP contribution in [0.15, 0.2) is 18.2 Å². The summed E-state index contributed by atoms with van der Waals surface area (Å²) in [6, 6.07) is 5.45. The molecule has 0 radical (unpaired) electrons. The monoisotopic (exact) mass is 296 g/mol. The molecule has 1 aliphatic rings. The molecule has 0 atom stereocenters. The molecule has 2 rings (SSSR count). The van der Waals surface area contributed by atoms with E-state index in [4.69, 9.17) is 16.3 Å². The van der Waals surface area contributed by atoms with Gasteiger partial charge in [0.25, 0.3) is 5.91 Å². The average molecular weight is 297 g/mol. The Morgan fingerprint density at radius 3 is 2.50 bits per heavy atom. The first kappa shape index (κ1) is 15.1. The molecule has 1 N–H and O–H groups in total. The summed E-state index contributed by atoms with van der Waals surface area (Å²) in [5, 5.41) is 3.58. The minimum atomic E-state index is -0.249. The second-order valence-electron chi connectivity index (χ2n) is 5.35. The average Bonchev–Trinajstić information content (AvgIpc) is 2.39. The van der Waals surface area contributed by atoms with Crippen LogP contribution in [0.3, 0.4) is 0 Å². The highest BCUT2D eigenvalue weighted by Gasteiger charge is 2.35. The fraction of sp³-hybridized carbons (Fsp3) is 0.533. The molecule has 0 saturated carbocycles. The van der Waals surface area contributed by atoms with Crippen LogP contribution in [-0.4, -0.2) is 37.7 Å². The number of hydrogen-bond acceptors (Lipinski definition) is 3. The number of nitrogens with one attached hydrogen (secondary N) is 1. The van der Waals surface area contributed by atoms with Gasteiger partial charge in [0.1, 0.15) is 0 Å². The second kappa shape index (κ2) is 6.02. The van der Waals surface area contributed by atoms with Gasteiger partial charge >= 0.3 is 0 Å². The summed E-state index contributed by atoms with van der Waals surface area (Å²) in [7, 11) is 0. The summed E-state index contributed by atoms with van der Waals surface area (Å²) >= 11 is 6.30. The maximum Gasteiger partial charge on any atom is 0.251 e. The number of halogens is 1. The van der Waals surface area contributed by atoms with Crippen LogP contribution in [0.2, 0.25) is 5.02 Å². The van der Waals surface area contributed by atoms with Crippen molar-refractivity contribution in [2.45, 2.75) is 26.3 Å². The Balaban J connectivity index is 2.14. The molecule has 1 aromatic carbocycles. The molecule has 4 nitrogen and oxygen atoms in total. The maximum absolute atomic E-state index is 12.2. The molecular formula is C15H21ClN2O2. The summed E-state index contributed by atoms with van der Waals surface area (Å²) in [6.45, 7) is 9.03. The summed E-state index contributed by atoms with van der Waals surface area (Å²) in [5.41, 5.74) is 1.30. The molecule has 1 saturated heterocycles. The van der Waals surface area contributed by atoms with E-state index in [0.717, 1.165) is 18.8 Å². The molecule has 1 amide bonds.